The van der Waals surface area contributed by atoms with Gasteiger partial charge < -0.3 is 19.5 Å². The monoisotopic (exact) mass is 319 g/mol. The van der Waals surface area contributed by atoms with Crippen molar-refractivity contribution in [1.29, 1.82) is 0 Å². The average Bonchev–Trinajstić information content (AvgIpc) is 2.54. The molecule has 3 rings (SSSR count). The summed E-state index contributed by atoms with van der Waals surface area (Å²) >= 11 is 5.97. The Hall–Kier alpha value is -2.40. The number of benzene rings is 2. The molecule has 0 aromatic heterocycles. The second-order valence-corrected chi connectivity index (χ2v) is 5.06. The molecule has 114 valence electrons. The molecule has 0 fully saturated rings. The van der Waals surface area contributed by atoms with Crippen molar-refractivity contribution in [3.8, 4) is 17.2 Å². The van der Waals surface area contributed by atoms with Crippen molar-refractivity contribution in [2.75, 3.05) is 25.6 Å². The molecular weight excluding hydrogens is 306 g/mol. The van der Waals surface area contributed by atoms with Gasteiger partial charge in [0.2, 0.25) is 0 Å². The van der Waals surface area contributed by atoms with Crippen molar-refractivity contribution >= 4 is 23.2 Å². The Bertz CT molecular complexity index is 717. The Kier molecular flexibility index (Phi) is 4.06. The molecule has 1 aliphatic heterocycles. The maximum Gasteiger partial charge on any atom is 0.259 e. The van der Waals surface area contributed by atoms with Crippen LogP contribution in [0.2, 0.25) is 5.02 Å². The highest BCUT2D eigenvalue weighted by Gasteiger charge is 2.21. The Morgan fingerprint density at radius 2 is 2.05 bits per heavy atom. The number of methoxy groups -OCH3 is 1. The predicted octanol–water partition coefficient (Wildman–Crippen LogP) is 3.37. The molecular formula is C16H14ClNO4. The SMILES string of the molecule is COc1ccc(Cl)cc1NC(=O)c1cccc2c1OCCO2. The predicted molar refractivity (Wildman–Crippen MR) is 83.4 cm³/mol. The molecule has 2 aromatic rings. The van der Waals surface area contributed by atoms with Crippen LogP contribution in [0.3, 0.4) is 0 Å². The van der Waals surface area contributed by atoms with Gasteiger partial charge in [-0.15, -0.1) is 0 Å². The molecule has 1 N–H and O–H groups in total. The molecule has 0 unspecified atom stereocenters. The van der Waals surface area contributed by atoms with Crippen LogP contribution in [-0.4, -0.2) is 26.2 Å². The maximum atomic E-state index is 12.5. The second kappa shape index (κ2) is 6.15. The van der Waals surface area contributed by atoms with E-state index in [-0.39, 0.29) is 5.91 Å². The summed E-state index contributed by atoms with van der Waals surface area (Å²) in [5.41, 5.74) is 0.897. The molecule has 0 radical (unpaired) electrons. The van der Waals surface area contributed by atoms with Gasteiger partial charge in [-0.1, -0.05) is 17.7 Å². The summed E-state index contributed by atoms with van der Waals surface area (Å²) in [7, 11) is 1.53. The van der Waals surface area contributed by atoms with Crippen LogP contribution in [0.1, 0.15) is 10.4 Å². The van der Waals surface area contributed by atoms with E-state index in [4.69, 9.17) is 25.8 Å². The molecule has 22 heavy (non-hydrogen) atoms. The number of hydrogen-bond acceptors (Lipinski definition) is 4. The van der Waals surface area contributed by atoms with Gasteiger partial charge in [-0.2, -0.15) is 0 Å². The normalized spacial score (nSPS) is 12.6. The number of nitrogens with one attached hydrogen (secondary N) is 1. The lowest BCUT2D eigenvalue weighted by molar-refractivity contribution is 0.101. The number of hydrogen-bond donors (Lipinski definition) is 1. The minimum absolute atomic E-state index is 0.317. The van der Waals surface area contributed by atoms with Crippen molar-refractivity contribution in [2.24, 2.45) is 0 Å². The molecule has 1 heterocycles. The fourth-order valence-corrected chi connectivity index (χ4v) is 2.39. The van der Waals surface area contributed by atoms with Gasteiger partial charge in [0.15, 0.2) is 11.5 Å². The van der Waals surface area contributed by atoms with E-state index in [9.17, 15) is 4.79 Å². The molecule has 0 saturated heterocycles. The lowest BCUT2D eigenvalue weighted by Gasteiger charge is -2.20. The molecule has 0 saturated carbocycles. The van der Waals surface area contributed by atoms with Gasteiger partial charge in [0.1, 0.15) is 19.0 Å². The Morgan fingerprint density at radius 1 is 1.23 bits per heavy atom. The van der Waals surface area contributed by atoms with Crippen molar-refractivity contribution < 1.29 is 19.0 Å². The minimum atomic E-state index is -0.317. The smallest absolute Gasteiger partial charge is 0.259 e. The van der Waals surface area contributed by atoms with E-state index in [0.29, 0.717) is 46.7 Å². The molecule has 6 heteroatoms. The van der Waals surface area contributed by atoms with E-state index in [1.54, 1.807) is 36.4 Å². The number of para-hydroxylation sites is 1. The fraction of sp³-hybridized carbons (Fsp3) is 0.188. The van der Waals surface area contributed by atoms with Gasteiger partial charge in [0.05, 0.1) is 18.4 Å². The van der Waals surface area contributed by atoms with Gasteiger partial charge >= 0.3 is 0 Å². The Labute approximate surface area is 132 Å². The lowest BCUT2D eigenvalue weighted by Crippen LogP contribution is -2.20. The number of amides is 1. The highest BCUT2D eigenvalue weighted by atomic mass is 35.5. The van der Waals surface area contributed by atoms with Gasteiger partial charge in [0.25, 0.3) is 5.91 Å². The topological polar surface area (TPSA) is 56.8 Å². The molecule has 0 bridgehead atoms. The average molecular weight is 320 g/mol. The van der Waals surface area contributed by atoms with Gasteiger partial charge in [-0.05, 0) is 30.3 Å². The number of halogens is 1. The molecule has 2 aromatic carbocycles. The number of rotatable bonds is 3. The molecule has 5 nitrogen and oxygen atoms in total. The summed E-state index contributed by atoms with van der Waals surface area (Å²) in [6, 6.07) is 10.2. The van der Waals surface area contributed by atoms with Crippen LogP contribution in [-0.2, 0) is 0 Å². The quantitative estimate of drug-likeness (QED) is 0.942. The van der Waals surface area contributed by atoms with E-state index in [2.05, 4.69) is 5.32 Å². The summed E-state index contributed by atoms with van der Waals surface area (Å²) in [4.78, 5) is 12.5. The first-order valence-corrected chi connectivity index (χ1v) is 7.10. The fourth-order valence-electron chi connectivity index (χ4n) is 2.22. The highest BCUT2D eigenvalue weighted by Crippen LogP contribution is 2.35. The van der Waals surface area contributed by atoms with Gasteiger partial charge in [-0.25, -0.2) is 0 Å². The first-order valence-electron chi connectivity index (χ1n) is 6.72. The molecule has 0 atom stereocenters. The van der Waals surface area contributed by atoms with Crippen LogP contribution >= 0.6 is 11.6 Å². The van der Waals surface area contributed by atoms with Crippen LogP contribution in [0, 0.1) is 0 Å². The summed E-state index contributed by atoms with van der Waals surface area (Å²) in [6.45, 7) is 0.887. The van der Waals surface area contributed by atoms with Crippen LogP contribution in [0.15, 0.2) is 36.4 Å². The number of fused-ring (bicyclic) bond motifs is 1. The van der Waals surface area contributed by atoms with Gasteiger partial charge in [-0.3, -0.25) is 4.79 Å². The van der Waals surface area contributed by atoms with Crippen molar-refractivity contribution in [2.45, 2.75) is 0 Å². The third-order valence-electron chi connectivity index (χ3n) is 3.22. The first kappa shape index (κ1) is 14.5. The van der Waals surface area contributed by atoms with Crippen molar-refractivity contribution in [3.63, 3.8) is 0 Å². The molecule has 1 aliphatic rings. The first-order chi connectivity index (χ1) is 10.7. The number of carbonyl (C=O) groups excluding carboxylic acids is 1. The summed E-state index contributed by atoms with van der Waals surface area (Å²) in [6.07, 6.45) is 0. The lowest BCUT2D eigenvalue weighted by atomic mass is 10.1. The van der Waals surface area contributed by atoms with Gasteiger partial charge in [0, 0.05) is 5.02 Å². The second-order valence-electron chi connectivity index (χ2n) is 4.63. The summed E-state index contributed by atoms with van der Waals surface area (Å²) in [5, 5.41) is 3.29. The van der Waals surface area contributed by atoms with Crippen LogP contribution in [0.4, 0.5) is 5.69 Å². The highest BCUT2D eigenvalue weighted by molar-refractivity contribution is 6.31. The number of ether oxygens (including phenoxy) is 3. The van der Waals surface area contributed by atoms with Crippen LogP contribution in [0.25, 0.3) is 0 Å². The zero-order valence-corrected chi connectivity index (χ0v) is 12.6. The van der Waals surface area contributed by atoms with E-state index in [1.807, 2.05) is 0 Å². The Balaban J connectivity index is 1.91. The molecule has 1 amide bonds. The third-order valence-corrected chi connectivity index (χ3v) is 3.46. The zero-order chi connectivity index (χ0) is 15.5. The largest absolute Gasteiger partial charge is 0.495 e. The van der Waals surface area contributed by atoms with Crippen LogP contribution in [0.5, 0.6) is 17.2 Å². The zero-order valence-electron chi connectivity index (χ0n) is 11.9. The number of anilines is 1. The van der Waals surface area contributed by atoms with Crippen molar-refractivity contribution in [3.05, 3.63) is 47.0 Å². The summed E-state index contributed by atoms with van der Waals surface area (Å²) < 4.78 is 16.2. The standard InChI is InChI=1S/C16H14ClNO4/c1-20-13-6-5-10(17)9-12(13)18-16(19)11-3-2-4-14-15(11)22-8-7-21-14/h2-6,9H,7-8H2,1H3,(H,18,19). The van der Waals surface area contributed by atoms with E-state index >= 15 is 0 Å². The number of carbonyl (C=O) groups is 1. The Morgan fingerprint density at radius 3 is 2.86 bits per heavy atom. The molecule has 0 spiro atoms. The van der Waals surface area contributed by atoms with E-state index in [1.165, 1.54) is 7.11 Å². The van der Waals surface area contributed by atoms with Crippen molar-refractivity contribution in [1.82, 2.24) is 0 Å². The van der Waals surface area contributed by atoms with Crippen LogP contribution < -0.4 is 19.5 Å². The minimum Gasteiger partial charge on any atom is -0.495 e. The summed E-state index contributed by atoms with van der Waals surface area (Å²) in [5.74, 6) is 1.23. The maximum absolute atomic E-state index is 12.5. The third kappa shape index (κ3) is 2.80. The van der Waals surface area contributed by atoms with E-state index in [0.717, 1.165) is 0 Å². The van der Waals surface area contributed by atoms with E-state index < -0.39 is 0 Å². The molecule has 0 aliphatic carbocycles.